The number of hydrogen-bond donors (Lipinski definition) is 0. The number of para-hydroxylation sites is 1. The molecule has 0 atom stereocenters. The summed E-state index contributed by atoms with van der Waals surface area (Å²) in [5, 5.41) is 4.34. The molecule has 0 radical (unpaired) electrons. The fourth-order valence-electron chi connectivity index (χ4n) is 2.97. The van der Waals surface area contributed by atoms with E-state index in [0.717, 1.165) is 23.5 Å². The molecule has 0 N–H and O–H groups in total. The topological polar surface area (TPSA) is 52.2 Å². The van der Waals surface area contributed by atoms with Gasteiger partial charge in [0, 0.05) is 13.1 Å². The van der Waals surface area contributed by atoms with Crippen molar-refractivity contribution in [3.05, 3.63) is 46.0 Å². The number of rotatable bonds is 4. The van der Waals surface area contributed by atoms with Gasteiger partial charge in [-0.2, -0.15) is 10.1 Å². The summed E-state index contributed by atoms with van der Waals surface area (Å²) in [5.74, 6) is -0.232. The van der Waals surface area contributed by atoms with E-state index in [4.69, 9.17) is 0 Å². The van der Waals surface area contributed by atoms with E-state index in [9.17, 15) is 4.79 Å². The van der Waals surface area contributed by atoms with Crippen LogP contribution in [0.5, 0.6) is 0 Å². The molecule has 24 heavy (non-hydrogen) atoms. The van der Waals surface area contributed by atoms with Crippen LogP contribution in [0.15, 0.2) is 29.3 Å². The average molecular weight is 342 g/mol. The second kappa shape index (κ2) is 6.73. The Hall–Kier alpha value is -2.21. The fraction of sp³-hybridized carbons (Fsp3) is 0.389. The summed E-state index contributed by atoms with van der Waals surface area (Å²) < 4.78 is 5.02. The Labute approximate surface area is 145 Å². The molecule has 1 aromatic carbocycles. The molecule has 3 aromatic rings. The van der Waals surface area contributed by atoms with Crippen molar-refractivity contribution in [1.82, 2.24) is 14.3 Å². The summed E-state index contributed by atoms with van der Waals surface area (Å²) in [5.41, 5.74) is 3.86. The Kier molecular flexibility index (Phi) is 4.66. The Morgan fingerprint density at radius 1 is 1.25 bits per heavy atom. The van der Waals surface area contributed by atoms with Gasteiger partial charge >= 0.3 is 0 Å². The minimum absolute atomic E-state index is 0.232. The molecular weight excluding hydrogens is 320 g/mol. The van der Waals surface area contributed by atoms with E-state index < -0.39 is 0 Å². The van der Waals surface area contributed by atoms with Crippen LogP contribution in [0.25, 0.3) is 10.2 Å². The number of thiazole rings is 1. The molecule has 2 aromatic heterocycles. The molecular formula is C18H22N4OS. The highest BCUT2D eigenvalue weighted by Crippen LogP contribution is 2.22. The SMILES string of the molecule is CCc1cccc2sc(=NC(=O)c3cc(C)nn3CC)n(CC)c12. The van der Waals surface area contributed by atoms with E-state index in [1.807, 2.05) is 13.8 Å². The van der Waals surface area contributed by atoms with E-state index in [1.165, 1.54) is 15.8 Å². The van der Waals surface area contributed by atoms with Gasteiger partial charge in [0.1, 0.15) is 5.69 Å². The standard InChI is InChI=1S/C18H22N4OS/c1-5-13-9-8-10-15-16(13)21(6-2)18(24-15)19-17(23)14-11-12(4)20-22(14)7-3/h8-11H,5-7H2,1-4H3. The molecule has 6 heteroatoms. The monoisotopic (exact) mass is 342 g/mol. The van der Waals surface area contributed by atoms with E-state index in [0.29, 0.717) is 12.2 Å². The lowest BCUT2D eigenvalue weighted by molar-refractivity contribution is 0.0987. The van der Waals surface area contributed by atoms with Crippen LogP contribution in [0.2, 0.25) is 0 Å². The molecule has 0 spiro atoms. The minimum Gasteiger partial charge on any atom is -0.316 e. The largest absolute Gasteiger partial charge is 0.316 e. The molecule has 126 valence electrons. The van der Waals surface area contributed by atoms with Gasteiger partial charge in [-0.15, -0.1) is 0 Å². The minimum atomic E-state index is -0.232. The predicted molar refractivity (Wildman–Crippen MR) is 97.4 cm³/mol. The summed E-state index contributed by atoms with van der Waals surface area (Å²) in [6.45, 7) is 9.55. The van der Waals surface area contributed by atoms with Gasteiger partial charge in [0.2, 0.25) is 0 Å². The van der Waals surface area contributed by atoms with Crippen molar-refractivity contribution >= 4 is 27.5 Å². The first-order valence-corrected chi connectivity index (χ1v) is 9.15. The maximum absolute atomic E-state index is 12.7. The first-order valence-electron chi connectivity index (χ1n) is 8.33. The molecule has 0 aliphatic rings. The second-order valence-corrected chi connectivity index (χ2v) is 6.66. The Morgan fingerprint density at radius 3 is 2.71 bits per heavy atom. The number of aromatic nitrogens is 3. The second-order valence-electron chi connectivity index (χ2n) is 5.65. The maximum atomic E-state index is 12.7. The average Bonchev–Trinajstić information content (AvgIpc) is 3.13. The molecule has 0 aliphatic carbocycles. The van der Waals surface area contributed by atoms with Crippen molar-refractivity contribution < 1.29 is 4.79 Å². The molecule has 0 aliphatic heterocycles. The first kappa shape index (κ1) is 16.6. The van der Waals surface area contributed by atoms with Crippen LogP contribution in [0.3, 0.4) is 0 Å². The zero-order valence-corrected chi connectivity index (χ0v) is 15.4. The number of carbonyl (C=O) groups excluding carboxylic acids is 1. The third kappa shape index (κ3) is 2.82. The van der Waals surface area contributed by atoms with Crippen LogP contribution >= 0.6 is 11.3 Å². The van der Waals surface area contributed by atoms with Crippen LogP contribution in [0, 0.1) is 6.92 Å². The van der Waals surface area contributed by atoms with Gasteiger partial charge in [-0.1, -0.05) is 30.4 Å². The van der Waals surface area contributed by atoms with Gasteiger partial charge in [0.05, 0.1) is 15.9 Å². The number of hydrogen-bond acceptors (Lipinski definition) is 3. The van der Waals surface area contributed by atoms with Crippen LogP contribution < -0.4 is 4.80 Å². The number of fused-ring (bicyclic) bond motifs is 1. The van der Waals surface area contributed by atoms with Gasteiger partial charge < -0.3 is 4.57 Å². The van der Waals surface area contributed by atoms with Crippen molar-refractivity contribution in [2.24, 2.45) is 4.99 Å². The lowest BCUT2D eigenvalue weighted by atomic mass is 10.1. The van der Waals surface area contributed by atoms with Crippen molar-refractivity contribution in [2.75, 3.05) is 0 Å². The Morgan fingerprint density at radius 2 is 2.04 bits per heavy atom. The van der Waals surface area contributed by atoms with Gasteiger partial charge in [-0.3, -0.25) is 9.48 Å². The number of benzene rings is 1. The Balaban J connectivity index is 2.18. The molecule has 0 fully saturated rings. The van der Waals surface area contributed by atoms with E-state index in [-0.39, 0.29) is 5.91 Å². The van der Waals surface area contributed by atoms with Crippen LogP contribution in [0.4, 0.5) is 0 Å². The quantitative estimate of drug-likeness (QED) is 0.728. The van der Waals surface area contributed by atoms with E-state index in [2.05, 4.69) is 46.7 Å². The summed E-state index contributed by atoms with van der Waals surface area (Å²) in [6, 6.07) is 8.10. The van der Waals surface area contributed by atoms with Crippen LogP contribution in [0.1, 0.15) is 42.5 Å². The highest BCUT2D eigenvalue weighted by atomic mass is 32.1. The van der Waals surface area contributed by atoms with Gasteiger partial charge in [0.25, 0.3) is 5.91 Å². The summed E-state index contributed by atoms with van der Waals surface area (Å²) in [6.07, 6.45) is 0.962. The predicted octanol–water partition coefficient (Wildman–Crippen LogP) is 3.55. The highest BCUT2D eigenvalue weighted by Gasteiger charge is 2.14. The van der Waals surface area contributed by atoms with Crippen LogP contribution in [-0.2, 0) is 19.5 Å². The molecule has 0 bridgehead atoms. The number of carbonyl (C=O) groups is 1. The van der Waals surface area contributed by atoms with Gasteiger partial charge in [-0.05, 0) is 44.9 Å². The van der Waals surface area contributed by atoms with E-state index >= 15 is 0 Å². The number of nitrogens with zero attached hydrogens (tertiary/aromatic N) is 4. The summed E-state index contributed by atoms with van der Waals surface area (Å²) >= 11 is 1.57. The van der Waals surface area contributed by atoms with Gasteiger partial charge in [-0.25, -0.2) is 0 Å². The molecule has 0 unspecified atom stereocenters. The zero-order valence-electron chi connectivity index (χ0n) is 14.5. The zero-order chi connectivity index (χ0) is 17.3. The lowest BCUT2D eigenvalue weighted by Crippen LogP contribution is -2.18. The third-order valence-electron chi connectivity index (χ3n) is 4.10. The summed E-state index contributed by atoms with van der Waals surface area (Å²) in [4.78, 5) is 17.8. The maximum Gasteiger partial charge on any atom is 0.297 e. The van der Waals surface area contributed by atoms with Crippen molar-refractivity contribution in [3.63, 3.8) is 0 Å². The van der Waals surface area contributed by atoms with E-state index in [1.54, 1.807) is 22.1 Å². The first-order chi connectivity index (χ1) is 11.6. The third-order valence-corrected chi connectivity index (χ3v) is 5.14. The van der Waals surface area contributed by atoms with Gasteiger partial charge in [0.15, 0.2) is 4.80 Å². The normalized spacial score (nSPS) is 12.2. The molecule has 2 heterocycles. The number of aryl methyl sites for hydroxylation is 4. The van der Waals surface area contributed by atoms with Crippen molar-refractivity contribution in [3.8, 4) is 0 Å². The smallest absolute Gasteiger partial charge is 0.297 e. The molecule has 0 saturated carbocycles. The summed E-state index contributed by atoms with van der Waals surface area (Å²) in [7, 11) is 0. The van der Waals surface area contributed by atoms with Crippen molar-refractivity contribution in [1.29, 1.82) is 0 Å². The van der Waals surface area contributed by atoms with Crippen molar-refractivity contribution in [2.45, 2.75) is 47.2 Å². The number of amides is 1. The molecule has 5 nitrogen and oxygen atoms in total. The lowest BCUT2D eigenvalue weighted by Gasteiger charge is -2.05. The molecule has 3 rings (SSSR count). The molecule has 1 amide bonds. The molecule has 0 saturated heterocycles. The highest BCUT2D eigenvalue weighted by molar-refractivity contribution is 7.16. The Bertz CT molecular complexity index is 961. The fourth-order valence-corrected chi connectivity index (χ4v) is 4.11. The van der Waals surface area contributed by atoms with Crippen LogP contribution in [-0.4, -0.2) is 20.3 Å².